The van der Waals surface area contributed by atoms with Gasteiger partial charge in [0, 0.05) is 12.1 Å². The van der Waals surface area contributed by atoms with Crippen molar-refractivity contribution >= 4 is 23.2 Å². The average Bonchev–Trinajstić information content (AvgIpc) is 2.87. The Bertz CT molecular complexity index is 594. The quantitative estimate of drug-likeness (QED) is 0.881. The van der Waals surface area contributed by atoms with E-state index in [0.717, 1.165) is 5.82 Å². The van der Waals surface area contributed by atoms with Crippen LogP contribution in [0.15, 0.2) is 12.4 Å². The van der Waals surface area contributed by atoms with Crippen LogP contribution < -0.4 is 5.32 Å². The Morgan fingerprint density at radius 2 is 2.15 bits per heavy atom. The monoisotopic (exact) mass is 293 g/mol. The van der Waals surface area contributed by atoms with E-state index < -0.39 is 0 Å². The summed E-state index contributed by atoms with van der Waals surface area (Å²) in [6, 6.07) is 2.30. The van der Waals surface area contributed by atoms with Crippen LogP contribution in [-0.2, 0) is 0 Å². The molecule has 2 aromatic rings. The normalized spacial score (nSPS) is 23.4. The topological polar surface area (TPSA) is 55.1 Å². The number of nitrogens with one attached hydrogen (secondary N) is 1. The first-order chi connectivity index (χ1) is 9.65. The standard InChI is InChI=1S/C14H20ClN5/c1-9(2)10-5-3-4-6-11(10)18-13-7-12(15)19-14-16-8-17-20(13)14/h7-11,18H,3-6H2,1-2H3. The molecule has 5 nitrogen and oxygen atoms in total. The average molecular weight is 294 g/mol. The summed E-state index contributed by atoms with van der Waals surface area (Å²) in [5, 5.41) is 8.28. The number of rotatable bonds is 3. The molecule has 0 bridgehead atoms. The number of anilines is 1. The number of nitrogens with zero attached hydrogens (tertiary/aromatic N) is 4. The van der Waals surface area contributed by atoms with Gasteiger partial charge in [-0.3, -0.25) is 0 Å². The highest BCUT2D eigenvalue weighted by molar-refractivity contribution is 6.29. The van der Waals surface area contributed by atoms with Crippen LogP contribution in [0.2, 0.25) is 5.15 Å². The van der Waals surface area contributed by atoms with E-state index in [9.17, 15) is 0 Å². The molecule has 0 aliphatic heterocycles. The Balaban J connectivity index is 1.89. The van der Waals surface area contributed by atoms with Crippen LogP contribution in [0.4, 0.5) is 5.82 Å². The van der Waals surface area contributed by atoms with Crippen LogP contribution in [0.5, 0.6) is 0 Å². The maximum absolute atomic E-state index is 6.07. The summed E-state index contributed by atoms with van der Waals surface area (Å²) in [5.41, 5.74) is 0. The molecule has 0 saturated heterocycles. The Hall–Kier alpha value is -1.36. The second kappa shape index (κ2) is 5.56. The van der Waals surface area contributed by atoms with Gasteiger partial charge in [0.2, 0.25) is 0 Å². The summed E-state index contributed by atoms with van der Waals surface area (Å²) in [7, 11) is 0. The molecular formula is C14H20ClN5. The van der Waals surface area contributed by atoms with Crippen molar-refractivity contribution in [2.24, 2.45) is 11.8 Å². The van der Waals surface area contributed by atoms with Gasteiger partial charge in [-0.2, -0.15) is 19.6 Å². The Kier molecular flexibility index (Phi) is 3.78. The summed E-state index contributed by atoms with van der Waals surface area (Å²) in [6.07, 6.45) is 6.59. The summed E-state index contributed by atoms with van der Waals surface area (Å²) >= 11 is 6.07. The van der Waals surface area contributed by atoms with Crippen molar-refractivity contribution in [2.45, 2.75) is 45.6 Å². The summed E-state index contributed by atoms with van der Waals surface area (Å²) in [6.45, 7) is 4.60. The number of halogens is 1. The summed E-state index contributed by atoms with van der Waals surface area (Å²) in [5.74, 6) is 2.79. The number of aromatic nitrogens is 4. The Morgan fingerprint density at radius 1 is 1.35 bits per heavy atom. The van der Waals surface area contributed by atoms with Crippen LogP contribution in [0.1, 0.15) is 39.5 Å². The van der Waals surface area contributed by atoms with E-state index >= 15 is 0 Å². The largest absolute Gasteiger partial charge is 0.367 e. The van der Waals surface area contributed by atoms with E-state index in [1.165, 1.54) is 32.0 Å². The zero-order valence-corrected chi connectivity index (χ0v) is 12.6. The van der Waals surface area contributed by atoms with Crippen molar-refractivity contribution in [1.82, 2.24) is 19.6 Å². The van der Waals surface area contributed by atoms with Gasteiger partial charge in [-0.05, 0) is 24.7 Å². The fourth-order valence-corrected chi connectivity index (χ4v) is 3.39. The maximum atomic E-state index is 6.07. The van der Waals surface area contributed by atoms with Gasteiger partial charge in [-0.1, -0.05) is 38.3 Å². The lowest BCUT2D eigenvalue weighted by Crippen LogP contribution is -2.35. The summed E-state index contributed by atoms with van der Waals surface area (Å²) < 4.78 is 1.72. The van der Waals surface area contributed by atoms with Gasteiger partial charge in [0.25, 0.3) is 5.78 Å². The van der Waals surface area contributed by atoms with E-state index in [4.69, 9.17) is 11.6 Å². The van der Waals surface area contributed by atoms with Crippen molar-refractivity contribution in [3.05, 3.63) is 17.5 Å². The molecule has 1 saturated carbocycles. The molecule has 6 heteroatoms. The third kappa shape index (κ3) is 2.59. The predicted molar refractivity (Wildman–Crippen MR) is 80.0 cm³/mol. The molecule has 1 aliphatic carbocycles. The van der Waals surface area contributed by atoms with Gasteiger partial charge >= 0.3 is 0 Å². The SMILES string of the molecule is CC(C)C1CCCCC1Nc1cc(Cl)nc2ncnn12. The minimum Gasteiger partial charge on any atom is -0.367 e. The molecule has 2 heterocycles. The van der Waals surface area contributed by atoms with Crippen LogP contribution in [0.25, 0.3) is 5.78 Å². The van der Waals surface area contributed by atoms with E-state index in [0.29, 0.717) is 28.8 Å². The molecule has 0 spiro atoms. The van der Waals surface area contributed by atoms with Gasteiger partial charge in [-0.25, -0.2) is 0 Å². The molecule has 0 amide bonds. The lowest BCUT2D eigenvalue weighted by molar-refractivity contribution is 0.253. The molecule has 3 rings (SSSR count). The van der Waals surface area contributed by atoms with E-state index in [-0.39, 0.29) is 0 Å². The van der Waals surface area contributed by atoms with E-state index in [1.54, 1.807) is 4.52 Å². The minimum absolute atomic E-state index is 0.449. The fourth-order valence-electron chi connectivity index (χ4n) is 3.21. The van der Waals surface area contributed by atoms with E-state index in [2.05, 4.69) is 34.2 Å². The highest BCUT2D eigenvalue weighted by atomic mass is 35.5. The van der Waals surface area contributed by atoms with Crippen LogP contribution in [0, 0.1) is 11.8 Å². The van der Waals surface area contributed by atoms with Crippen LogP contribution >= 0.6 is 11.6 Å². The van der Waals surface area contributed by atoms with Gasteiger partial charge in [-0.15, -0.1) is 0 Å². The molecule has 1 N–H and O–H groups in total. The first kappa shape index (κ1) is 13.6. The zero-order valence-electron chi connectivity index (χ0n) is 11.9. The molecule has 2 atom stereocenters. The van der Waals surface area contributed by atoms with Crippen molar-refractivity contribution < 1.29 is 0 Å². The van der Waals surface area contributed by atoms with Gasteiger partial charge in [0.05, 0.1) is 0 Å². The Morgan fingerprint density at radius 3 is 2.95 bits per heavy atom. The molecule has 0 aromatic carbocycles. The second-order valence-corrected chi connectivity index (χ2v) is 6.27. The fraction of sp³-hybridized carbons (Fsp3) is 0.643. The molecule has 1 fully saturated rings. The number of hydrogen-bond donors (Lipinski definition) is 1. The first-order valence-corrected chi connectivity index (χ1v) is 7.66. The molecule has 108 valence electrons. The molecular weight excluding hydrogens is 274 g/mol. The summed E-state index contributed by atoms with van der Waals surface area (Å²) in [4.78, 5) is 8.26. The third-order valence-corrected chi connectivity index (χ3v) is 4.42. The van der Waals surface area contributed by atoms with Crippen molar-refractivity contribution in [3.63, 3.8) is 0 Å². The molecule has 2 aromatic heterocycles. The minimum atomic E-state index is 0.449. The highest BCUT2D eigenvalue weighted by Gasteiger charge is 2.28. The van der Waals surface area contributed by atoms with Crippen molar-refractivity contribution in [3.8, 4) is 0 Å². The molecule has 1 aliphatic rings. The first-order valence-electron chi connectivity index (χ1n) is 7.28. The molecule has 20 heavy (non-hydrogen) atoms. The van der Waals surface area contributed by atoms with Crippen LogP contribution in [0.3, 0.4) is 0 Å². The van der Waals surface area contributed by atoms with Crippen molar-refractivity contribution in [2.75, 3.05) is 5.32 Å². The van der Waals surface area contributed by atoms with E-state index in [1.807, 2.05) is 6.07 Å². The van der Waals surface area contributed by atoms with Crippen LogP contribution in [-0.4, -0.2) is 25.6 Å². The number of hydrogen-bond acceptors (Lipinski definition) is 4. The maximum Gasteiger partial charge on any atom is 0.255 e. The molecule has 2 unspecified atom stereocenters. The zero-order chi connectivity index (χ0) is 14.1. The molecule has 0 radical (unpaired) electrons. The third-order valence-electron chi connectivity index (χ3n) is 4.23. The van der Waals surface area contributed by atoms with Gasteiger partial charge in [0.15, 0.2) is 0 Å². The van der Waals surface area contributed by atoms with Gasteiger partial charge < -0.3 is 5.32 Å². The highest BCUT2D eigenvalue weighted by Crippen LogP contribution is 2.32. The lowest BCUT2D eigenvalue weighted by atomic mass is 9.78. The van der Waals surface area contributed by atoms with Gasteiger partial charge in [0.1, 0.15) is 17.3 Å². The smallest absolute Gasteiger partial charge is 0.255 e. The Labute approximate surface area is 123 Å². The number of fused-ring (bicyclic) bond motifs is 1. The lowest BCUT2D eigenvalue weighted by Gasteiger charge is -2.35. The predicted octanol–water partition coefficient (Wildman–Crippen LogP) is 3.40. The van der Waals surface area contributed by atoms with Crippen molar-refractivity contribution in [1.29, 1.82) is 0 Å². The second-order valence-electron chi connectivity index (χ2n) is 5.88.